The molecule has 0 saturated carbocycles. The van der Waals surface area contributed by atoms with Gasteiger partial charge in [0, 0.05) is 11.3 Å². The number of hydrogen-bond acceptors (Lipinski definition) is 4. The minimum atomic E-state index is 0.186. The Hall–Kier alpha value is -1.29. The van der Waals surface area contributed by atoms with Crippen molar-refractivity contribution in [2.75, 3.05) is 0 Å². The highest BCUT2D eigenvalue weighted by Crippen LogP contribution is 2.33. The van der Waals surface area contributed by atoms with E-state index in [1.165, 1.54) is 10.5 Å². The van der Waals surface area contributed by atoms with E-state index >= 15 is 0 Å². The minimum Gasteiger partial charge on any atom is -0.424 e. The third-order valence-corrected chi connectivity index (χ3v) is 3.57. The number of hydrogen-bond donors (Lipinski definition) is 0. The van der Waals surface area contributed by atoms with Gasteiger partial charge in [0.15, 0.2) is 0 Å². The molecule has 0 radical (unpaired) electrons. The monoisotopic (exact) mass is 248 g/mol. The molecule has 2 rings (SSSR count). The first-order valence-electron chi connectivity index (χ1n) is 5.74. The number of nitrogens with zero attached hydrogens (tertiary/aromatic N) is 2. The number of rotatable bonds is 4. The van der Waals surface area contributed by atoms with Crippen LogP contribution in [-0.4, -0.2) is 10.2 Å². The van der Waals surface area contributed by atoms with Gasteiger partial charge in [-0.2, -0.15) is 0 Å². The molecule has 4 heteroatoms. The van der Waals surface area contributed by atoms with Crippen LogP contribution < -0.4 is 0 Å². The molecule has 0 bridgehead atoms. The molecule has 0 aliphatic carbocycles. The molecule has 1 atom stereocenters. The van der Waals surface area contributed by atoms with E-state index in [-0.39, 0.29) is 5.25 Å². The molecule has 0 aliphatic rings. The molecule has 1 aromatic heterocycles. The maximum Gasteiger partial charge on any atom is 0.229 e. The number of aryl methyl sites for hydroxylation is 2. The van der Waals surface area contributed by atoms with Crippen molar-refractivity contribution in [1.82, 2.24) is 10.2 Å². The molecule has 1 aromatic carbocycles. The normalized spacial score (nSPS) is 12.6. The molecular weight excluding hydrogens is 232 g/mol. The Kier molecular flexibility index (Phi) is 3.84. The van der Waals surface area contributed by atoms with Crippen molar-refractivity contribution in [1.29, 1.82) is 0 Å². The van der Waals surface area contributed by atoms with Crippen LogP contribution in [0.3, 0.4) is 0 Å². The highest BCUT2D eigenvalue weighted by Gasteiger charge is 2.14. The standard InChI is InChI=1S/C13H16N2OS/c1-4-12-14-15-13(16-12)10(3)17-11-7-5-9(2)6-8-11/h5-8,10H,4H2,1-3H3. The van der Waals surface area contributed by atoms with Gasteiger partial charge in [-0.1, -0.05) is 24.6 Å². The lowest BCUT2D eigenvalue weighted by molar-refractivity contribution is 0.456. The summed E-state index contributed by atoms with van der Waals surface area (Å²) in [6, 6.07) is 8.46. The van der Waals surface area contributed by atoms with Gasteiger partial charge in [-0.3, -0.25) is 0 Å². The number of benzene rings is 1. The summed E-state index contributed by atoms with van der Waals surface area (Å²) in [5.41, 5.74) is 1.27. The molecule has 90 valence electrons. The first-order chi connectivity index (χ1) is 8.19. The van der Waals surface area contributed by atoms with Crippen LogP contribution in [0.25, 0.3) is 0 Å². The van der Waals surface area contributed by atoms with E-state index < -0.39 is 0 Å². The van der Waals surface area contributed by atoms with E-state index in [0.717, 1.165) is 6.42 Å². The fraction of sp³-hybridized carbons (Fsp3) is 0.385. The summed E-state index contributed by atoms with van der Waals surface area (Å²) in [4.78, 5) is 1.22. The zero-order valence-electron chi connectivity index (χ0n) is 10.3. The molecule has 2 aromatic rings. The van der Waals surface area contributed by atoms with Gasteiger partial charge in [0.2, 0.25) is 11.8 Å². The van der Waals surface area contributed by atoms with Crippen LogP contribution in [0.5, 0.6) is 0 Å². The van der Waals surface area contributed by atoms with Gasteiger partial charge in [-0.15, -0.1) is 22.0 Å². The highest BCUT2D eigenvalue weighted by molar-refractivity contribution is 7.99. The molecule has 0 amide bonds. The van der Waals surface area contributed by atoms with E-state index in [1.807, 2.05) is 6.92 Å². The second-order valence-electron chi connectivity index (χ2n) is 3.96. The summed E-state index contributed by atoms with van der Waals surface area (Å²) in [5, 5.41) is 8.23. The van der Waals surface area contributed by atoms with Crippen molar-refractivity contribution in [3.63, 3.8) is 0 Å². The van der Waals surface area contributed by atoms with Crippen LogP contribution in [0.2, 0.25) is 0 Å². The SMILES string of the molecule is CCc1nnc(C(C)Sc2ccc(C)cc2)o1. The Morgan fingerprint density at radius 2 is 1.94 bits per heavy atom. The molecule has 0 N–H and O–H groups in total. The molecule has 3 nitrogen and oxygen atoms in total. The molecule has 0 spiro atoms. The predicted molar refractivity (Wildman–Crippen MR) is 69.1 cm³/mol. The summed E-state index contributed by atoms with van der Waals surface area (Å²) >= 11 is 1.73. The first kappa shape index (κ1) is 12.2. The number of aromatic nitrogens is 2. The molecule has 0 fully saturated rings. The van der Waals surface area contributed by atoms with Gasteiger partial charge >= 0.3 is 0 Å². The Labute approximate surface area is 106 Å². The first-order valence-corrected chi connectivity index (χ1v) is 6.62. The Balaban J connectivity index is 2.05. The average molecular weight is 248 g/mol. The van der Waals surface area contributed by atoms with Crippen LogP contribution in [0.1, 0.15) is 36.4 Å². The van der Waals surface area contributed by atoms with E-state index in [4.69, 9.17) is 4.42 Å². The van der Waals surface area contributed by atoms with E-state index in [2.05, 4.69) is 48.3 Å². The lowest BCUT2D eigenvalue weighted by atomic mass is 10.2. The summed E-state index contributed by atoms with van der Waals surface area (Å²) in [7, 11) is 0. The number of thioether (sulfide) groups is 1. The van der Waals surface area contributed by atoms with Crippen LogP contribution in [0.4, 0.5) is 0 Å². The fourth-order valence-corrected chi connectivity index (χ4v) is 2.34. The zero-order valence-corrected chi connectivity index (χ0v) is 11.1. The molecule has 1 heterocycles. The summed E-state index contributed by atoms with van der Waals surface area (Å²) < 4.78 is 5.55. The Morgan fingerprint density at radius 1 is 1.24 bits per heavy atom. The van der Waals surface area contributed by atoms with Gasteiger partial charge < -0.3 is 4.42 Å². The maximum atomic E-state index is 5.55. The van der Waals surface area contributed by atoms with E-state index in [1.54, 1.807) is 11.8 Å². The summed E-state index contributed by atoms with van der Waals surface area (Å²) in [6.07, 6.45) is 0.787. The lowest BCUT2D eigenvalue weighted by Crippen LogP contribution is -1.88. The zero-order chi connectivity index (χ0) is 12.3. The quantitative estimate of drug-likeness (QED) is 0.772. The second-order valence-corrected chi connectivity index (χ2v) is 5.37. The summed E-state index contributed by atoms with van der Waals surface area (Å²) in [6.45, 7) is 6.18. The van der Waals surface area contributed by atoms with Crippen molar-refractivity contribution in [2.24, 2.45) is 0 Å². The van der Waals surface area contributed by atoms with Gasteiger partial charge in [-0.25, -0.2) is 0 Å². The van der Waals surface area contributed by atoms with Crippen LogP contribution in [0.15, 0.2) is 33.6 Å². The molecule has 17 heavy (non-hydrogen) atoms. The highest BCUT2D eigenvalue weighted by atomic mass is 32.2. The molecule has 0 saturated heterocycles. The largest absolute Gasteiger partial charge is 0.424 e. The topological polar surface area (TPSA) is 38.9 Å². The van der Waals surface area contributed by atoms with Gasteiger partial charge in [0.1, 0.15) is 0 Å². The van der Waals surface area contributed by atoms with Gasteiger partial charge in [-0.05, 0) is 26.0 Å². The molecule has 1 unspecified atom stereocenters. The van der Waals surface area contributed by atoms with Crippen molar-refractivity contribution >= 4 is 11.8 Å². The fourth-order valence-electron chi connectivity index (χ4n) is 1.45. The van der Waals surface area contributed by atoms with Crippen molar-refractivity contribution in [3.8, 4) is 0 Å². The van der Waals surface area contributed by atoms with Crippen LogP contribution in [-0.2, 0) is 6.42 Å². The van der Waals surface area contributed by atoms with Crippen molar-refractivity contribution in [2.45, 2.75) is 37.3 Å². The molecular formula is C13H16N2OS. The Bertz CT molecular complexity index is 478. The third kappa shape index (κ3) is 3.09. The average Bonchev–Trinajstić information content (AvgIpc) is 2.81. The second kappa shape index (κ2) is 5.36. The van der Waals surface area contributed by atoms with E-state index in [0.29, 0.717) is 11.8 Å². The predicted octanol–water partition coefficient (Wildman–Crippen LogP) is 3.79. The summed E-state index contributed by atoms with van der Waals surface area (Å²) in [5.74, 6) is 1.41. The molecule has 0 aliphatic heterocycles. The van der Waals surface area contributed by atoms with E-state index in [9.17, 15) is 0 Å². The van der Waals surface area contributed by atoms with Gasteiger partial charge in [0.05, 0.1) is 5.25 Å². The Morgan fingerprint density at radius 3 is 2.53 bits per heavy atom. The maximum absolute atomic E-state index is 5.55. The third-order valence-electron chi connectivity index (χ3n) is 2.47. The van der Waals surface area contributed by atoms with Gasteiger partial charge in [0.25, 0.3) is 0 Å². The minimum absolute atomic E-state index is 0.186. The van der Waals surface area contributed by atoms with Crippen LogP contribution >= 0.6 is 11.8 Å². The lowest BCUT2D eigenvalue weighted by Gasteiger charge is -2.06. The smallest absolute Gasteiger partial charge is 0.229 e. The van der Waals surface area contributed by atoms with Crippen LogP contribution in [0, 0.1) is 6.92 Å². The van der Waals surface area contributed by atoms with Crippen molar-refractivity contribution < 1.29 is 4.42 Å². The van der Waals surface area contributed by atoms with Crippen molar-refractivity contribution in [3.05, 3.63) is 41.6 Å².